The fourth-order valence-electron chi connectivity index (χ4n) is 1.92. The Morgan fingerprint density at radius 3 is 2.71 bits per heavy atom. The van der Waals surface area contributed by atoms with E-state index < -0.39 is 11.7 Å². The maximum Gasteiger partial charge on any atom is 0.244 e. The number of hydrogen-bond acceptors (Lipinski definition) is 4. The third-order valence-corrected chi connectivity index (χ3v) is 3.10. The molecule has 1 aliphatic heterocycles. The average Bonchev–Trinajstić information content (AvgIpc) is 2.39. The van der Waals surface area contributed by atoms with Crippen LogP contribution in [0.25, 0.3) is 0 Å². The molecule has 0 unspecified atom stereocenters. The van der Waals surface area contributed by atoms with Crippen LogP contribution in [0.4, 0.5) is 15.8 Å². The molecule has 1 aromatic rings. The third-order valence-electron chi connectivity index (χ3n) is 3.10. The van der Waals surface area contributed by atoms with Crippen LogP contribution < -0.4 is 11.1 Å². The van der Waals surface area contributed by atoms with Crippen molar-refractivity contribution in [1.29, 1.82) is 0 Å². The Hall–Kier alpha value is -2.64. The molecule has 2 rings (SSSR count). The summed E-state index contributed by atoms with van der Waals surface area (Å²) < 4.78 is 12.9. The van der Waals surface area contributed by atoms with Crippen LogP contribution in [0, 0.1) is 5.82 Å². The predicted molar refractivity (Wildman–Crippen MR) is 73.7 cm³/mol. The fourth-order valence-corrected chi connectivity index (χ4v) is 1.92. The summed E-state index contributed by atoms with van der Waals surface area (Å²) in [6.07, 6.45) is 0. The van der Waals surface area contributed by atoms with Crippen LogP contribution in [0.3, 0.4) is 0 Å². The number of nitrogens with one attached hydrogen (secondary N) is 1. The lowest BCUT2D eigenvalue weighted by Gasteiger charge is -2.31. The predicted octanol–water partition coefficient (Wildman–Crippen LogP) is -0.353. The molecule has 1 aromatic carbocycles. The van der Waals surface area contributed by atoms with Crippen molar-refractivity contribution in [3.63, 3.8) is 0 Å². The van der Waals surface area contributed by atoms with Gasteiger partial charge in [0, 0.05) is 7.05 Å². The summed E-state index contributed by atoms with van der Waals surface area (Å²) in [6.45, 7) is -0.443. The third kappa shape index (κ3) is 3.47. The quantitative estimate of drug-likeness (QED) is 0.745. The number of anilines is 2. The molecule has 0 aliphatic carbocycles. The maximum absolute atomic E-state index is 12.9. The Bertz CT molecular complexity index is 605. The van der Waals surface area contributed by atoms with E-state index in [1.165, 1.54) is 18.0 Å². The summed E-state index contributed by atoms with van der Waals surface area (Å²) in [5, 5.41) is 2.48. The van der Waals surface area contributed by atoms with Gasteiger partial charge in [-0.1, -0.05) is 0 Å². The number of hydrogen-bond donors (Lipinski definition) is 2. The zero-order chi connectivity index (χ0) is 15.6. The topological polar surface area (TPSA) is 95.7 Å². The van der Waals surface area contributed by atoms with Crippen molar-refractivity contribution in [2.45, 2.75) is 0 Å². The molecular weight excluding hydrogens is 279 g/mol. The summed E-state index contributed by atoms with van der Waals surface area (Å²) in [6, 6.07) is 3.58. The monoisotopic (exact) mass is 294 g/mol. The minimum absolute atomic E-state index is 0.0508. The van der Waals surface area contributed by atoms with Gasteiger partial charge in [0.25, 0.3) is 0 Å². The van der Waals surface area contributed by atoms with E-state index >= 15 is 0 Å². The summed E-state index contributed by atoms with van der Waals surface area (Å²) >= 11 is 0. The van der Waals surface area contributed by atoms with Crippen molar-refractivity contribution in [3.8, 4) is 0 Å². The average molecular weight is 294 g/mol. The first kappa shape index (κ1) is 14.8. The minimum atomic E-state index is -0.509. The number of nitrogens with two attached hydrogens (primary N) is 1. The molecule has 7 nitrogen and oxygen atoms in total. The van der Waals surface area contributed by atoms with E-state index in [4.69, 9.17) is 5.73 Å². The van der Waals surface area contributed by atoms with Gasteiger partial charge in [0.15, 0.2) is 0 Å². The van der Waals surface area contributed by atoms with Gasteiger partial charge in [-0.25, -0.2) is 4.39 Å². The number of piperazine rings is 1. The summed E-state index contributed by atoms with van der Waals surface area (Å²) in [5.41, 5.74) is 5.92. The van der Waals surface area contributed by atoms with Crippen LogP contribution >= 0.6 is 0 Å². The summed E-state index contributed by atoms with van der Waals surface area (Å²) in [4.78, 5) is 37.6. The molecule has 1 saturated heterocycles. The van der Waals surface area contributed by atoms with Gasteiger partial charge in [-0.2, -0.15) is 0 Å². The molecule has 8 heteroatoms. The first-order valence-corrected chi connectivity index (χ1v) is 6.23. The first-order chi connectivity index (χ1) is 9.86. The highest BCUT2D eigenvalue weighted by Crippen LogP contribution is 2.19. The van der Waals surface area contributed by atoms with E-state index in [9.17, 15) is 18.8 Å². The molecule has 1 fully saturated rings. The number of carbonyl (C=O) groups is 3. The van der Waals surface area contributed by atoms with E-state index in [0.29, 0.717) is 0 Å². The highest BCUT2D eigenvalue weighted by atomic mass is 19.1. The lowest BCUT2D eigenvalue weighted by atomic mass is 10.2. The van der Waals surface area contributed by atoms with Crippen LogP contribution in [0.15, 0.2) is 18.2 Å². The number of benzene rings is 1. The van der Waals surface area contributed by atoms with Crippen molar-refractivity contribution >= 4 is 29.1 Å². The Morgan fingerprint density at radius 1 is 1.33 bits per heavy atom. The van der Waals surface area contributed by atoms with Crippen molar-refractivity contribution in [2.24, 2.45) is 0 Å². The van der Waals surface area contributed by atoms with Gasteiger partial charge in [-0.3, -0.25) is 14.4 Å². The molecule has 1 aliphatic rings. The molecule has 3 amide bonds. The van der Waals surface area contributed by atoms with E-state index in [1.807, 2.05) is 0 Å². The second kappa shape index (κ2) is 5.78. The van der Waals surface area contributed by atoms with E-state index in [0.717, 1.165) is 17.0 Å². The summed E-state index contributed by atoms with van der Waals surface area (Å²) in [7, 11) is 1.52. The number of halogens is 1. The molecule has 112 valence electrons. The fraction of sp³-hybridized carbons (Fsp3) is 0.308. The van der Waals surface area contributed by atoms with Gasteiger partial charge in [-0.15, -0.1) is 0 Å². The second-order valence-electron chi connectivity index (χ2n) is 4.78. The standard InChI is InChI=1S/C13H15FN4O3/c1-17-6-13(21)18(7-12(17)20)5-11(19)16-10-3-2-8(14)4-9(10)15/h2-4H,5-7,15H2,1H3,(H,16,19). The first-order valence-electron chi connectivity index (χ1n) is 6.23. The normalized spacial score (nSPS) is 15.3. The summed E-state index contributed by atoms with van der Waals surface area (Å²) in [5.74, 6) is -1.55. The molecule has 0 saturated carbocycles. The van der Waals surface area contributed by atoms with Crippen molar-refractivity contribution in [1.82, 2.24) is 9.80 Å². The number of carbonyl (C=O) groups excluding carboxylic acids is 3. The van der Waals surface area contributed by atoms with Crippen LogP contribution in [-0.2, 0) is 14.4 Å². The molecule has 0 bridgehead atoms. The Morgan fingerprint density at radius 2 is 2.05 bits per heavy atom. The van der Waals surface area contributed by atoms with Crippen LogP contribution in [0.2, 0.25) is 0 Å². The Balaban J connectivity index is 1.98. The van der Waals surface area contributed by atoms with Crippen molar-refractivity contribution in [2.75, 3.05) is 37.7 Å². The second-order valence-corrected chi connectivity index (χ2v) is 4.78. The lowest BCUT2D eigenvalue weighted by molar-refractivity contribution is -0.149. The smallest absolute Gasteiger partial charge is 0.244 e. The SMILES string of the molecule is CN1CC(=O)N(CC(=O)Nc2ccc(F)cc2N)CC1=O. The van der Waals surface area contributed by atoms with Crippen LogP contribution in [0.1, 0.15) is 0 Å². The Labute approximate surface area is 120 Å². The molecule has 0 aromatic heterocycles. The van der Waals surface area contributed by atoms with Crippen molar-refractivity contribution in [3.05, 3.63) is 24.0 Å². The maximum atomic E-state index is 12.9. The van der Waals surface area contributed by atoms with Crippen LogP contribution in [0.5, 0.6) is 0 Å². The van der Waals surface area contributed by atoms with E-state index in [2.05, 4.69) is 5.32 Å². The highest BCUT2D eigenvalue weighted by molar-refractivity contribution is 5.99. The highest BCUT2D eigenvalue weighted by Gasteiger charge is 2.28. The van der Waals surface area contributed by atoms with Gasteiger partial charge >= 0.3 is 0 Å². The number of rotatable bonds is 3. The molecule has 0 spiro atoms. The molecule has 1 heterocycles. The molecule has 3 N–H and O–H groups in total. The zero-order valence-electron chi connectivity index (χ0n) is 11.4. The minimum Gasteiger partial charge on any atom is -0.397 e. The van der Waals surface area contributed by atoms with Crippen LogP contribution in [-0.4, -0.2) is 54.2 Å². The number of likely N-dealkylation sites (N-methyl/N-ethyl adjacent to an activating group) is 1. The molecule has 21 heavy (non-hydrogen) atoms. The van der Waals surface area contributed by atoms with E-state index in [-0.39, 0.29) is 42.8 Å². The van der Waals surface area contributed by atoms with Gasteiger partial charge in [0.05, 0.1) is 17.9 Å². The molecule has 0 radical (unpaired) electrons. The van der Waals surface area contributed by atoms with E-state index in [1.54, 1.807) is 0 Å². The zero-order valence-corrected chi connectivity index (χ0v) is 11.4. The molecular formula is C13H15FN4O3. The van der Waals surface area contributed by atoms with Gasteiger partial charge in [0.1, 0.15) is 18.9 Å². The van der Waals surface area contributed by atoms with Gasteiger partial charge < -0.3 is 20.9 Å². The lowest BCUT2D eigenvalue weighted by Crippen LogP contribution is -2.54. The number of nitrogens with zero attached hydrogens (tertiary/aromatic N) is 2. The number of amides is 3. The molecule has 0 atom stereocenters. The number of nitrogen functional groups attached to an aromatic ring is 1. The van der Waals surface area contributed by atoms with Gasteiger partial charge in [-0.05, 0) is 18.2 Å². The van der Waals surface area contributed by atoms with Gasteiger partial charge in [0.2, 0.25) is 17.7 Å². The Kier molecular flexibility index (Phi) is 4.06. The van der Waals surface area contributed by atoms with Crippen molar-refractivity contribution < 1.29 is 18.8 Å². The largest absolute Gasteiger partial charge is 0.397 e.